The fraction of sp³-hybridized carbons (Fsp3) is 0.333. The molecule has 3 aromatic rings. The Kier molecular flexibility index (Phi) is 5.33. The summed E-state index contributed by atoms with van der Waals surface area (Å²) in [6.45, 7) is 7.37. The van der Waals surface area contributed by atoms with Gasteiger partial charge in [-0.05, 0) is 51.5 Å². The van der Waals surface area contributed by atoms with E-state index in [2.05, 4.69) is 20.4 Å². The molecule has 1 amide bonds. The van der Waals surface area contributed by atoms with Crippen LogP contribution < -0.4 is 5.32 Å². The number of aryl methyl sites for hydroxylation is 2. The largest absolute Gasteiger partial charge is 0.416 e. The van der Waals surface area contributed by atoms with Crippen LogP contribution in [0.15, 0.2) is 29.4 Å². The van der Waals surface area contributed by atoms with Crippen LogP contribution in [0.3, 0.4) is 0 Å². The molecule has 0 aliphatic carbocycles. The Morgan fingerprint density at radius 3 is 2.61 bits per heavy atom. The van der Waals surface area contributed by atoms with Crippen molar-refractivity contribution in [1.29, 1.82) is 0 Å². The molecule has 148 valence electrons. The molecule has 1 atom stereocenters. The molecule has 0 aliphatic heterocycles. The van der Waals surface area contributed by atoms with Crippen molar-refractivity contribution in [1.82, 2.24) is 19.6 Å². The lowest BCUT2D eigenvalue weighted by molar-refractivity contribution is -0.137. The number of nitrogens with zero attached hydrogens (tertiary/aromatic N) is 4. The van der Waals surface area contributed by atoms with Crippen molar-refractivity contribution >= 4 is 29.1 Å². The van der Waals surface area contributed by atoms with E-state index in [1.165, 1.54) is 12.1 Å². The fourth-order valence-electron chi connectivity index (χ4n) is 2.52. The minimum absolute atomic E-state index is 0.0824. The van der Waals surface area contributed by atoms with Gasteiger partial charge in [-0.25, -0.2) is 9.50 Å². The van der Waals surface area contributed by atoms with Crippen LogP contribution in [0.1, 0.15) is 29.4 Å². The standard InChI is InChI=1S/C18H18F3N5OS/c1-9-10(2)22-16-24-17(25-26(16)11(9)3)28-12(4)15(27)23-14-7-5-6-13(8-14)18(19,20)21/h5-8,12H,1-4H3,(H,23,27). The molecule has 0 saturated heterocycles. The van der Waals surface area contributed by atoms with Crippen molar-refractivity contribution in [3.8, 4) is 0 Å². The van der Waals surface area contributed by atoms with Crippen LogP contribution in [-0.2, 0) is 11.0 Å². The summed E-state index contributed by atoms with van der Waals surface area (Å²) in [5, 5.41) is 6.62. The molecule has 0 fully saturated rings. The molecule has 0 radical (unpaired) electrons. The summed E-state index contributed by atoms with van der Waals surface area (Å²) in [6.07, 6.45) is -4.47. The first kappa shape index (κ1) is 20.1. The van der Waals surface area contributed by atoms with Crippen LogP contribution in [0.4, 0.5) is 18.9 Å². The van der Waals surface area contributed by atoms with Crippen LogP contribution >= 0.6 is 11.8 Å². The summed E-state index contributed by atoms with van der Waals surface area (Å²) in [5.74, 6) is -0.00573. The number of hydrogen-bond acceptors (Lipinski definition) is 5. The number of aromatic nitrogens is 4. The minimum Gasteiger partial charge on any atom is -0.325 e. The normalized spacial score (nSPS) is 13.0. The van der Waals surface area contributed by atoms with E-state index >= 15 is 0 Å². The number of amides is 1. The van der Waals surface area contributed by atoms with Crippen molar-refractivity contribution in [2.75, 3.05) is 5.32 Å². The van der Waals surface area contributed by atoms with Crippen LogP contribution in [0, 0.1) is 20.8 Å². The maximum absolute atomic E-state index is 12.8. The third-order valence-corrected chi connectivity index (χ3v) is 5.30. The highest BCUT2D eigenvalue weighted by Gasteiger charge is 2.30. The van der Waals surface area contributed by atoms with Crippen molar-refractivity contribution in [3.63, 3.8) is 0 Å². The van der Waals surface area contributed by atoms with Crippen molar-refractivity contribution in [2.45, 2.75) is 44.3 Å². The number of fused-ring (bicyclic) bond motifs is 1. The van der Waals surface area contributed by atoms with Crippen molar-refractivity contribution in [2.24, 2.45) is 0 Å². The predicted octanol–water partition coefficient (Wildman–Crippen LogP) is 4.19. The Bertz CT molecular complexity index is 1050. The number of benzene rings is 1. The number of anilines is 1. The first-order valence-corrected chi connectivity index (χ1v) is 9.29. The monoisotopic (exact) mass is 409 g/mol. The fourth-order valence-corrected chi connectivity index (χ4v) is 3.26. The SMILES string of the molecule is Cc1nc2nc(SC(C)C(=O)Nc3cccc(C(F)(F)F)c3)nn2c(C)c1C. The maximum Gasteiger partial charge on any atom is 0.416 e. The van der Waals surface area contributed by atoms with Gasteiger partial charge in [0.2, 0.25) is 11.1 Å². The average molecular weight is 409 g/mol. The Balaban J connectivity index is 1.74. The highest BCUT2D eigenvalue weighted by atomic mass is 32.2. The van der Waals surface area contributed by atoms with E-state index < -0.39 is 22.9 Å². The number of rotatable bonds is 4. The average Bonchev–Trinajstić information content (AvgIpc) is 3.01. The molecule has 28 heavy (non-hydrogen) atoms. The highest BCUT2D eigenvalue weighted by Crippen LogP contribution is 2.31. The lowest BCUT2D eigenvalue weighted by Gasteiger charge is -2.12. The van der Waals surface area contributed by atoms with Gasteiger partial charge in [0.1, 0.15) is 0 Å². The molecule has 1 N–H and O–H groups in total. The van der Waals surface area contributed by atoms with Gasteiger partial charge in [0, 0.05) is 17.1 Å². The second-order valence-corrected chi connectivity index (χ2v) is 7.65. The lowest BCUT2D eigenvalue weighted by atomic mass is 10.2. The molecular weight excluding hydrogens is 391 g/mol. The van der Waals surface area contributed by atoms with Crippen molar-refractivity contribution in [3.05, 3.63) is 46.8 Å². The summed E-state index contributed by atoms with van der Waals surface area (Å²) in [6, 6.07) is 4.51. The first-order valence-electron chi connectivity index (χ1n) is 8.41. The van der Waals surface area contributed by atoms with Gasteiger partial charge < -0.3 is 5.32 Å². The zero-order chi connectivity index (χ0) is 20.6. The number of hydrogen-bond donors (Lipinski definition) is 1. The van der Waals surface area contributed by atoms with E-state index in [0.29, 0.717) is 10.9 Å². The second-order valence-electron chi connectivity index (χ2n) is 6.34. The lowest BCUT2D eigenvalue weighted by Crippen LogP contribution is -2.22. The molecule has 2 heterocycles. The van der Waals surface area contributed by atoms with E-state index in [-0.39, 0.29) is 5.69 Å². The van der Waals surface area contributed by atoms with Crippen LogP contribution in [0.25, 0.3) is 5.78 Å². The van der Waals surface area contributed by atoms with Crippen LogP contribution in [-0.4, -0.2) is 30.7 Å². The molecule has 0 aliphatic rings. The topological polar surface area (TPSA) is 72.2 Å². The number of thioether (sulfide) groups is 1. The summed E-state index contributed by atoms with van der Waals surface area (Å²) in [5.41, 5.74) is 2.02. The molecule has 0 bridgehead atoms. The zero-order valence-electron chi connectivity index (χ0n) is 15.6. The van der Waals surface area contributed by atoms with Gasteiger partial charge in [-0.1, -0.05) is 17.8 Å². The van der Waals surface area contributed by atoms with E-state index in [1.54, 1.807) is 11.4 Å². The van der Waals surface area contributed by atoms with Crippen molar-refractivity contribution < 1.29 is 18.0 Å². The van der Waals surface area contributed by atoms with Crippen LogP contribution in [0.5, 0.6) is 0 Å². The number of alkyl halides is 3. The summed E-state index contributed by atoms with van der Waals surface area (Å²) < 4.78 is 40.0. The van der Waals surface area contributed by atoms with E-state index in [9.17, 15) is 18.0 Å². The third-order valence-electron chi connectivity index (χ3n) is 4.35. The molecule has 0 spiro atoms. The van der Waals surface area contributed by atoms with Gasteiger partial charge in [-0.2, -0.15) is 18.2 Å². The van der Waals surface area contributed by atoms with Gasteiger partial charge in [-0.3, -0.25) is 4.79 Å². The first-order chi connectivity index (χ1) is 13.1. The molecule has 1 unspecified atom stereocenters. The predicted molar refractivity (Wildman–Crippen MR) is 100 cm³/mol. The number of carbonyl (C=O) groups excluding carboxylic acids is 1. The molecule has 1 aromatic carbocycles. The summed E-state index contributed by atoms with van der Waals surface area (Å²) in [4.78, 5) is 21.1. The number of halogens is 3. The van der Waals surface area contributed by atoms with Crippen LogP contribution in [0.2, 0.25) is 0 Å². The van der Waals surface area contributed by atoms with Gasteiger partial charge in [0.05, 0.1) is 10.8 Å². The zero-order valence-corrected chi connectivity index (χ0v) is 16.4. The van der Waals surface area contributed by atoms with E-state index in [4.69, 9.17) is 0 Å². The maximum atomic E-state index is 12.8. The molecular formula is C18H18F3N5OS. The molecule has 2 aromatic heterocycles. The molecule has 10 heteroatoms. The van der Waals surface area contributed by atoms with Gasteiger partial charge in [0.15, 0.2) is 0 Å². The summed E-state index contributed by atoms with van der Waals surface area (Å²) >= 11 is 1.11. The van der Waals surface area contributed by atoms with E-state index in [0.717, 1.165) is 40.8 Å². The Morgan fingerprint density at radius 1 is 1.21 bits per heavy atom. The third kappa shape index (κ3) is 4.11. The second kappa shape index (κ2) is 7.42. The molecule has 6 nitrogen and oxygen atoms in total. The quantitative estimate of drug-likeness (QED) is 0.655. The highest BCUT2D eigenvalue weighted by molar-refractivity contribution is 8.00. The minimum atomic E-state index is -4.47. The number of carbonyl (C=O) groups is 1. The molecule has 0 saturated carbocycles. The Labute approximate surface area is 163 Å². The molecule has 3 rings (SSSR count). The smallest absolute Gasteiger partial charge is 0.325 e. The Hall–Kier alpha value is -2.62. The van der Waals surface area contributed by atoms with Gasteiger partial charge in [0.25, 0.3) is 5.78 Å². The van der Waals surface area contributed by atoms with Gasteiger partial charge >= 0.3 is 6.18 Å². The van der Waals surface area contributed by atoms with E-state index in [1.807, 2.05) is 20.8 Å². The number of nitrogens with one attached hydrogen (secondary N) is 1. The summed E-state index contributed by atoms with van der Waals surface area (Å²) in [7, 11) is 0. The Morgan fingerprint density at radius 2 is 1.93 bits per heavy atom. The van der Waals surface area contributed by atoms with Gasteiger partial charge in [-0.15, -0.1) is 5.10 Å².